The van der Waals surface area contributed by atoms with Gasteiger partial charge in [0.15, 0.2) is 0 Å². The first kappa shape index (κ1) is 13.0. The Balaban J connectivity index is 2.20. The molecule has 3 nitrogen and oxygen atoms in total. The van der Waals surface area contributed by atoms with E-state index >= 15 is 0 Å². The van der Waals surface area contributed by atoms with Crippen molar-refractivity contribution in [2.45, 2.75) is 51.2 Å². The summed E-state index contributed by atoms with van der Waals surface area (Å²) >= 11 is 3.39. The van der Waals surface area contributed by atoms with Crippen molar-refractivity contribution in [2.24, 2.45) is 0 Å². The van der Waals surface area contributed by atoms with Gasteiger partial charge in [-0.15, -0.1) is 0 Å². The predicted octanol–water partition coefficient (Wildman–Crippen LogP) is 2.24. The van der Waals surface area contributed by atoms with Gasteiger partial charge in [-0.2, -0.15) is 0 Å². The number of ether oxygens (including phenoxy) is 1. The standard InChI is InChI=1S/C11H20BrNO2/c1-2-9(5-6-12)13-11(14)8-10-4-3-7-15-10/h9-10H,2-8H2,1H3,(H,13,14). The van der Waals surface area contributed by atoms with Gasteiger partial charge in [0.2, 0.25) is 5.91 Å². The van der Waals surface area contributed by atoms with E-state index in [9.17, 15) is 4.79 Å². The monoisotopic (exact) mass is 277 g/mol. The van der Waals surface area contributed by atoms with Crippen LogP contribution in [0.15, 0.2) is 0 Å². The zero-order valence-corrected chi connectivity index (χ0v) is 10.9. The van der Waals surface area contributed by atoms with E-state index in [0.29, 0.717) is 12.5 Å². The van der Waals surface area contributed by atoms with Crippen molar-refractivity contribution in [1.29, 1.82) is 0 Å². The quantitative estimate of drug-likeness (QED) is 0.757. The van der Waals surface area contributed by atoms with Crippen LogP contribution in [0.3, 0.4) is 0 Å². The minimum atomic E-state index is 0.134. The van der Waals surface area contributed by atoms with Gasteiger partial charge in [0.25, 0.3) is 0 Å². The van der Waals surface area contributed by atoms with E-state index in [1.165, 1.54) is 0 Å². The number of nitrogens with one attached hydrogen (secondary N) is 1. The molecule has 1 saturated heterocycles. The molecule has 1 fully saturated rings. The molecule has 1 aliphatic heterocycles. The predicted molar refractivity (Wildman–Crippen MR) is 64.2 cm³/mol. The molecule has 0 aromatic rings. The van der Waals surface area contributed by atoms with Crippen molar-refractivity contribution in [3.8, 4) is 0 Å². The SMILES string of the molecule is CCC(CCBr)NC(=O)CC1CCCO1. The smallest absolute Gasteiger partial charge is 0.222 e. The molecule has 0 aromatic carbocycles. The number of hydrogen-bond donors (Lipinski definition) is 1. The zero-order valence-electron chi connectivity index (χ0n) is 9.30. The van der Waals surface area contributed by atoms with Crippen LogP contribution in [0.5, 0.6) is 0 Å². The van der Waals surface area contributed by atoms with E-state index in [1.807, 2.05) is 0 Å². The van der Waals surface area contributed by atoms with Gasteiger partial charge in [-0.25, -0.2) is 0 Å². The highest BCUT2D eigenvalue weighted by atomic mass is 79.9. The van der Waals surface area contributed by atoms with Crippen molar-refractivity contribution >= 4 is 21.8 Å². The number of alkyl halides is 1. The number of carbonyl (C=O) groups excluding carboxylic acids is 1. The van der Waals surface area contributed by atoms with Crippen molar-refractivity contribution in [3.05, 3.63) is 0 Å². The second-order valence-corrected chi connectivity index (χ2v) is 4.78. The highest BCUT2D eigenvalue weighted by molar-refractivity contribution is 9.09. The normalized spacial score (nSPS) is 22.7. The van der Waals surface area contributed by atoms with Gasteiger partial charge in [0.1, 0.15) is 0 Å². The summed E-state index contributed by atoms with van der Waals surface area (Å²) < 4.78 is 5.43. The molecule has 0 bridgehead atoms. The highest BCUT2D eigenvalue weighted by Gasteiger charge is 2.20. The van der Waals surface area contributed by atoms with Crippen LogP contribution >= 0.6 is 15.9 Å². The fourth-order valence-electron chi connectivity index (χ4n) is 1.81. The fraction of sp³-hybridized carbons (Fsp3) is 0.909. The summed E-state index contributed by atoms with van der Waals surface area (Å²) in [6.07, 6.45) is 4.79. The summed E-state index contributed by atoms with van der Waals surface area (Å²) in [5, 5.41) is 3.98. The highest BCUT2D eigenvalue weighted by Crippen LogP contribution is 2.15. The largest absolute Gasteiger partial charge is 0.378 e. The number of rotatable bonds is 6. The van der Waals surface area contributed by atoms with E-state index in [4.69, 9.17) is 4.74 Å². The third kappa shape index (κ3) is 4.98. The van der Waals surface area contributed by atoms with Crippen molar-refractivity contribution in [3.63, 3.8) is 0 Å². The van der Waals surface area contributed by atoms with Crippen LogP contribution in [0.25, 0.3) is 0 Å². The third-order valence-electron chi connectivity index (χ3n) is 2.75. The van der Waals surface area contributed by atoms with Crippen LogP contribution in [-0.2, 0) is 9.53 Å². The molecule has 1 amide bonds. The summed E-state index contributed by atoms with van der Waals surface area (Å²) in [6, 6.07) is 0.304. The van der Waals surface area contributed by atoms with Gasteiger partial charge in [-0.3, -0.25) is 4.79 Å². The molecule has 0 saturated carbocycles. The Morgan fingerprint density at radius 3 is 3.00 bits per heavy atom. The molecule has 15 heavy (non-hydrogen) atoms. The Hall–Kier alpha value is -0.0900. The minimum absolute atomic E-state index is 0.134. The molecule has 0 aromatic heterocycles. The van der Waals surface area contributed by atoms with Crippen LogP contribution in [-0.4, -0.2) is 30.0 Å². The molecule has 1 rings (SSSR count). The lowest BCUT2D eigenvalue weighted by molar-refractivity contribution is -0.124. The third-order valence-corrected chi connectivity index (χ3v) is 3.21. The van der Waals surface area contributed by atoms with Crippen LogP contribution in [0.2, 0.25) is 0 Å². The fourth-order valence-corrected chi connectivity index (χ4v) is 2.36. The van der Waals surface area contributed by atoms with Gasteiger partial charge < -0.3 is 10.1 Å². The molecule has 0 aliphatic carbocycles. The summed E-state index contributed by atoms with van der Waals surface area (Å²) in [6.45, 7) is 2.91. The maximum Gasteiger partial charge on any atom is 0.222 e. The molecule has 2 unspecified atom stereocenters. The summed E-state index contributed by atoms with van der Waals surface area (Å²) in [7, 11) is 0. The van der Waals surface area contributed by atoms with Crippen molar-refractivity contribution in [2.75, 3.05) is 11.9 Å². The Morgan fingerprint density at radius 2 is 2.47 bits per heavy atom. The molecule has 0 spiro atoms. The molecule has 0 radical (unpaired) electrons. The molecular weight excluding hydrogens is 258 g/mol. The molecule has 1 aliphatic rings. The van der Waals surface area contributed by atoms with Gasteiger partial charge in [0.05, 0.1) is 12.5 Å². The van der Waals surface area contributed by atoms with E-state index in [2.05, 4.69) is 28.2 Å². The van der Waals surface area contributed by atoms with E-state index in [1.54, 1.807) is 0 Å². The first-order valence-corrected chi connectivity index (χ1v) is 6.85. The topological polar surface area (TPSA) is 38.3 Å². The van der Waals surface area contributed by atoms with Crippen LogP contribution < -0.4 is 5.32 Å². The minimum Gasteiger partial charge on any atom is -0.378 e. The molecule has 2 atom stereocenters. The summed E-state index contributed by atoms with van der Waals surface area (Å²) in [5.41, 5.74) is 0. The maximum atomic E-state index is 11.6. The molecule has 1 heterocycles. The number of amides is 1. The average molecular weight is 278 g/mol. The van der Waals surface area contributed by atoms with Crippen LogP contribution in [0.4, 0.5) is 0 Å². The van der Waals surface area contributed by atoms with Crippen molar-refractivity contribution < 1.29 is 9.53 Å². The first-order valence-electron chi connectivity index (χ1n) is 5.73. The first-order chi connectivity index (χ1) is 7.26. The lowest BCUT2D eigenvalue weighted by Crippen LogP contribution is -2.36. The second-order valence-electron chi connectivity index (χ2n) is 3.99. The van der Waals surface area contributed by atoms with Crippen LogP contribution in [0, 0.1) is 0 Å². The lowest BCUT2D eigenvalue weighted by Gasteiger charge is -2.17. The van der Waals surface area contributed by atoms with Gasteiger partial charge in [-0.05, 0) is 25.7 Å². The maximum absolute atomic E-state index is 11.6. The van der Waals surface area contributed by atoms with Gasteiger partial charge in [-0.1, -0.05) is 22.9 Å². The van der Waals surface area contributed by atoms with Crippen LogP contribution in [0.1, 0.15) is 39.0 Å². The van der Waals surface area contributed by atoms with E-state index in [-0.39, 0.29) is 12.0 Å². The summed E-state index contributed by atoms with van der Waals surface area (Å²) in [4.78, 5) is 11.6. The molecular formula is C11H20BrNO2. The molecule has 4 heteroatoms. The Bertz CT molecular complexity index is 193. The average Bonchev–Trinajstić information content (AvgIpc) is 2.69. The molecule has 88 valence electrons. The van der Waals surface area contributed by atoms with Gasteiger partial charge in [0, 0.05) is 18.0 Å². The van der Waals surface area contributed by atoms with E-state index in [0.717, 1.165) is 37.6 Å². The molecule has 1 N–H and O–H groups in total. The van der Waals surface area contributed by atoms with Crippen molar-refractivity contribution in [1.82, 2.24) is 5.32 Å². The lowest BCUT2D eigenvalue weighted by atomic mass is 10.1. The Kier molecular flexibility index (Phi) is 6.25. The Morgan fingerprint density at radius 1 is 1.67 bits per heavy atom. The van der Waals surface area contributed by atoms with Gasteiger partial charge >= 0.3 is 0 Å². The second kappa shape index (κ2) is 7.23. The number of hydrogen-bond acceptors (Lipinski definition) is 2. The number of halogens is 1. The Labute approximate surface area is 100 Å². The summed E-state index contributed by atoms with van der Waals surface area (Å²) in [5.74, 6) is 0.134. The van der Waals surface area contributed by atoms with E-state index < -0.39 is 0 Å². The number of carbonyl (C=O) groups is 1. The zero-order chi connectivity index (χ0) is 11.1.